The molecule has 2 aromatic heterocycles. The zero-order chi connectivity index (χ0) is 14.9. The number of aromatic amines is 1. The normalized spacial score (nSPS) is 10.7. The summed E-state index contributed by atoms with van der Waals surface area (Å²) in [7, 11) is 0. The molecular formula is C16H15ClN6. The first-order chi connectivity index (χ1) is 10.8. The minimum absolute atomic E-state index is 0. The third-order valence-corrected chi connectivity index (χ3v) is 3.64. The Morgan fingerprint density at radius 2 is 1.83 bits per heavy atom. The van der Waals surface area contributed by atoms with E-state index in [9.17, 15) is 0 Å². The molecule has 23 heavy (non-hydrogen) atoms. The van der Waals surface area contributed by atoms with Gasteiger partial charge in [0.05, 0.1) is 17.4 Å². The number of benzene rings is 2. The number of nitrogens with zero attached hydrogens (tertiary/aromatic N) is 4. The molecule has 0 fully saturated rings. The van der Waals surface area contributed by atoms with E-state index in [1.54, 1.807) is 4.68 Å². The first kappa shape index (κ1) is 15.2. The van der Waals surface area contributed by atoms with Gasteiger partial charge in [0.25, 0.3) is 0 Å². The van der Waals surface area contributed by atoms with Gasteiger partial charge in [0.1, 0.15) is 11.4 Å². The smallest absolute Gasteiger partial charge is 0.134 e. The van der Waals surface area contributed by atoms with Crippen LogP contribution in [-0.2, 0) is 6.54 Å². The van der Waals surface area contributed by atoms with E-state index in [0.29, 0.717) is 6.54 Å². The summed E-state index contributed by atoms with van der Waals surface area (Å²) in [5.74, 6) is 0. The molecule has 0 aliphatic heterocycles. The van der Waals surface area contributed by atoms with Gasteiger partial charge >= 0.3 is 0 Å². The topological polar surface area (TPSA) is 85.4 Å². The maximum atomic E-state index is 5.61. The van der Waals surface area contributed by atoms with Gasteiger partial charge in [0, 0.05) is 11.9 Å². The van der Waals surface area contributed by atoms with E-state index in [0.717, 1.165) is 33.5 Å². The molecule has 2 heterocycles. The quantitative estimate of drug-likeness (QED) is 0.606. The van der Waals surface area contributed by atoms with E-state index in [1.165, 1.54) is 0 Å². The molecule has 0 aliphatic carbocycles. The van der Waals surface area contributed by atoms with Crippen LogP contribution in [-0.4, -0.2) is 25.2 Å². The Morgan fingerprint density at radius 3 is 2.61 bits per heavy atom. The molecule has 0 amide bonds. The van der Waals surface area contributed by atoms with E-state index in [-0.39, 0.29) is 12.4 Å². The minimum Gasteiger partial charge on any atom is -0.326 e. The Morgan fingerprint density at radius 1 is 1.04 bits per heavy atom. The standard InChI is InChI=1S/C16H14N6.ClH/c17-9-11-5-7-12(8-6-11)22-10-15(19-21-22)16-13-3-1-2-4-14(13)18-20-16;/h1-8,10H,9,17H2,(H,18,20);1H. The van der Waals surface area contributed by atoms with E-state index in [1.807, 2.05) is 54.7 Å². The molecule has 0 saturated heterocycles. The van der Waals surface area contributed by atoms with Crippen LogP contribution in [0, 0.1) is 0 Å². The fourth-order valence-electron chi connectivity index (χ4n) is 2.44. The number of hydrogen-bond acceptors (Lipinski definition) is 4. The van der Waals surface area contributed by atoms with Crippen molar-refractivity contribution < 1.29 is 0 Å². The van der Waals surface area contributed by atoms with Gasteiger partial charge in [0.2, 0.25) is 0 Å². The van der Waals surface area contributed by atoms with Gasteiger partial charge in [0.15, 0.2) is 0 Å². The van der Waals surface area contributed by atoms with E-state index in [2.05, 4.69) is 20.5 Å². The van der Waals surface area contributed by atoms with Crippen molar-refractivity contribution in [3.63, 3.8) is 0 Å². The number of H-pyrrole nitrogens is 1. The van der Waals surface area contributed by atoms with E-state index >= 15 is 0 Å². The van der Waals surface area contributed by atoms with Crippen LogP contribution in [0.5, 0.6) is 0 Å². The molecule has 0 unspecified atom stereocenters. The largest absolute Gasteiger partial charge is 0.326 e. The number of aromatic nitrogens is 5. The van der Waals surface area contributed by atoms with Crippen molar-refractivity contribution in [3.8, 4) is 17.1 Å². The molecule has 4 aromatic rings. The lowest BCUT2D eigenvalue weighted by Gasteiger charge is -2.01. The zero-order valence-corrected chi connectivity index (χ0v) is 13.0. The Balaban J connectivity index is 0.00000156. The molecule has 0 bridgehead atoms. The van der Waals surface area contributed by atoms with Crippen LogP contribution in [0.3, 0.4) is 0 Å². The third-order valence-electron chi connectivity index (χ3n) is 3.64. The van der Waals surface area contributed by atoms with Crippen molar-refractivity contribution in [1.29, 1.82) is 0 Å². The average molecular weight is 327 g/mol. The number of rotatable bonds is 3. The molecular weight excluding hydrogens is 312 g/mol. The first-order valence-electron chi connectivity index (χ1n) is 7.00. The lowest BCUT2D eigenvalue weighted by Crippen LogP contribution is -1.98. The predicted molar refractivity (Wildman–Crippen MR) is 91.6 cm³/mol. The van der Waals surface area contributed by atoms with Crippen molar-refractivity contribution in [2.75, 3.05) is 0 Å². The number of para-hydroxylation sites is 1. The van der Waals surface area contributed by atoms with Crippen molar-refractivity contribution in [3.05, 3.63) is 60.3 Å². The van der Waals surface area contributed by atoms with Gasteiger partial charge in [-0.2, -0.15) is 5.10 Å². The van der Waals surface area contributed by atoms with Crippen molar-refractivity contribution in [1.82, 2.24) is 25.2 Å². The highest BCUT2D eigenvalue weighted by Gasteiger charge is 2.12. The number of hydrogen-bond donors (Lipinski definition) is 2. The van der Waals surface area contributed by atoms with Crippen LogP contribution in [0.25, 0.3) is 28.0 Å². The molecule has 0 atom stereocenters. The van der Waals surface area contributed by atoms with Crippen molar-refractivity contribution >= 4 is 23.3 Å². The average Bonchev–Trinajstić information content (AvgIpc) is 3.21. The van der Waals surface area contributed by atoms with Gasteiger partial charge in [-0.25, -0.2) is 4.68 Å². The second-order valence-electron chi connectivity index (χ2n) is 5.04. The molecule has 0 radical (unpaired) electrons. The summed E-state index contributed by atoms with van der Waals surface area (Å²) in [5.41, 5.74) is 10.2. The van der Waals surface area contributed by atoms with Gasteiger partial charge in [-0.3, -0.25) is 5.10 Å². The fourth-order valence-corrected chi connectivity index (χ4v) is 2.44. The summed E-state index contributed by atoms with van der Waals surface area (Å²) in [6, 6.07) is 15.9. The predicted octanol–water partition coefficient (Wildman–Crippen LogP) is 2.69. The van der Waals surface area contributed by atoms with E-state index < -0.39 is 0 Å². The molecule has 0 saturated carbocycles. The zero-order valence-electron chi connectivity index (χ0n) is 12.2. The fraction of sp³-hybridized carbons (Fsp3) is 0.0625. The van der Waals surface area contributed by atoms with Crippen LogP contribution in [0.1, 0.15) is 5.56 Å². The van der Waals surface area contributed by atoms with Crippen LogP contribution >= 0.6 is 12.4 Å². The van der Waals surface area contributed by atoms with Crippen LogP contribution in [0.2, 0.25) is 0 Å². The minimum atomic E-state index is 0. The number of halogens is 1. The summed E-state index contributed by atoms with van der Waals surface area (Å²) in [6.07, 6.45) is 1.88. The van der Waals surface area contributed by atoms with Gasteiger partial charge in [-0.05, 0) is 23.8 Å². The SMILES string of the molecule is Cl.NCc1ccc(-n2cc(-c3n[nH]c4ccccc34)nn2)cc1. The van der Waals surface area contributed by atoms with Crippen LogP contribution in [0.15, 0.2) is 54.7 Å². The van der Waals surface area contributed by atoms with E-state index in [4.69, 9.17) is 5.73 Å². The van der Waals surface area contributed by atoms with Crippen molar-refractivity contribution in [2.24, 2.45) is 5.73 Å². The number of nitrogens with one attached hydrogen (secondary N) is 1. The molecule has 2 aromatic carbocycles. The van der Waals surface area contributed by atoms with Gasteiger partial charge < -0.3 is 5.73 Å². The highest BCUT2D eigenvalue weighted by molar-refractivity contribution is 5.91. The molecule has 6 nitrogen and oxygen atoms in total. The highest BCUT2D eigenvalue weighted by Crippen LogP contribution is 2.24. The third kappa shape index (κ3) is 2.69. The molecule has 0 aliphatic rings. The van der Waals surface area contributed by atoms with Crippen molar-refractivity contribution in [2.45, 2.75) is 6.54 Å². The Hall–Kier alpha value is -2.70. The summed E-state index contributed by atoms with van der Waals surface area (Å²) in [4.78, 5) is 0. The number of nitrogens with two attached hydrogens (primary N) is 1. The second kappa shape index (κ2) is 6.20. The second-order valence-corrected chi connectivity index (χ2v) is 5.04. The molecule has 4 rings (SSSR count). The molecule has 7 heteroatoms. The Kier molecular flexibility index (Phi) is 4.10. The van der Waals surface area contributed by atoms with Gasteiger partial charge in [-0.15, -0.1) is 17.5 Å². The molecule has 0 spiro atoms. The Labute approximate surface area is 138 Å². The summed E-state index contributed by atoms with van der Waals surface area (Å²) < 4.78 is 1.74. The maximum absolute atomic E-state index is 5.61. The number of fused-ring (bicyclic) bond motifs is 1. The summed E-state index contributed by atoms with van der Waals surface area (Å²) in [6.45, 7) is 0.530. The Bertz CT molecular complexity index is 925. The maximum Gasteiger partial charge on any atom is 0.134 e. The first-order valence-corrected chi connectivity index (χ1v) is 7.00. The lowest BCUT2D eigenvalue weighted by molar-refractivity contribution is 0.803. The van der Waals surface area contributed by atoms with Gasteiger partial charge in [-0.1, -0.05) is 35.5 Å². The monoisotopic (exact) mass is 326 g/mol. The lowest BCUT2D eigenvalue weighted by atomic mass is 10.2. The highest BCUT2D eigenvalue weighted by atomic mass is 35.5. The molecule has 116 valence electrons. The molecule has 3 N–H and O–H groups in total. The summed E-state index contributed by atoms with van der Waals surface area (Å²) >= 11 is 0. The summed E-state index contributed by atoms with van der Waals surface area (Å²) in [5, 5.41) is 16.8. The van der Waals surface area contributed by atoms with Crippen LogP contribution < -0.4 is 5.73 Å². The van der Waals surface area contributed by atoms with Crippen LogP contribution in [0.4, 0.5) is 0 Å².